The Morgan fingerprint density at radius 3 is 2.75 bits per heavy atom. The van der Waals surface area contributed by atoms with Crippen molar-refractivity contribution in [3.63, 3.8) is 0 Å². The van der Waals surface area contributed by atoms with Gasteiger partial charge in [-0.15, -0.1) is 0 Å². The van der Waals surface area contributed by atoms with Crippen LogP contribution in [0.5, 0.6) is 0 Å². The van der Waals surface area contributed by atoms with Crippen molar-refractivity contribution in [2.24, 2.45) is 5.92 Å². The summed E-state index contributed by atoms with van der Waals surface area (Å²) in [5.74, 6) is -0.307. The molecule has 3 N–H and O–H groups in total. The maximum Gasteiger partial charge on any atom is 0.348 e. The topological polar surface area (TPSA) is 98.1 Å². The highest BCUT2D eigenvalue weighted by molar-refractivity contribution is 7.55. The van der Waals surface area contributed by atoms with Crippen LogP contribution in [0.1, 0.15) is 12.8 Å². The molecule has 0 saturated carbocycles. The maximum absolute atomic E-state index is 10.8. The molecule has 1 saturated heterocycles. The number of hydrogen-bond donors (Lipinski definition) is 3. The largest absolute Gasteiger partial charge is 0.481 e. The van der Waals surface area contributed by atoms with E-state index in [2.05, 4.69) is 0 Å². The summed E-state index contributed by atoms with van der Waals surface area (Å²) in [7, 11) is -4.09. The average molecular weight is 249 g/mol. The molecular weight excluding hydrogens is 233 g/mol. The van der Waals surface area contributed by atoms with Gasteiger partial charge >= 0.3 is 13.6 Å². The number of carbonyl (C=O) groups is 1. The molecule has 6 nitrogen and oxygen atoms in total. The zero-order chi connectivity index (χ0) is 12.2. The fourth-order valence-corrected chi connectivity index (χ4v) is 2.13. The quantitative estimate of drug-likeness (QED) is 0.627. The summed E-state index contributed by atoms with van der Waals surface area (Å²) in [4.78, 5) is 29.8. The molecule has 0 radical (unpaired) electrons. The molecule has 1 heterocycles. The molecule has 7 heteroatoms. The fourth-order valence-electron chi connectivity index (χ4n) is 1.76. The Kier molecular flexibility index (Phi) is 4.68. The first-order valence-corrected chi connectivity index (χ1v) is 6.75. The van der Waals surface area contributed by atoms with Crippen LogP contribution in [-0.2, 0) is 9.36 Å². The van der Waals surface area contributed by atoms with E-state index in [1.54, 1.807) is 0 Å². The SMILES string of the molecule is O=C(O)C1CCCN(C/C=C/P(=O)(O)O)C1. The molecule has 1 aliphatic rings. The number of rotatable bonds is 4. The first-order valence-electron chi connectivity index (χ1n) is 5.06. The van der Waals surface area contributed by atoms with Crippen molar-refractivity contribution in [3.05, 3.63) is 11.9 Å². The van der Waals surface area contributed by atoms with Crippen LogP contribution in [0.3, 0.4) is 0 Å². The Morgan fingerprint density at radius 1 is 1.50 bits per heavy atom. The number of nitrogens with zero attached hydrogens (tertiary/aromatic N) is 1. The van der Waals surface area contributed by atoms with Crippen LogP contribution in [0, 0.1) is 5.92 Å². The predicted octanol–water partition coefficient (Wildman–Crippen LogP) is 0.474. The van der Waals surface area contributed by atoms with Crippen molar-refractivity contribution in [3.8, 4) is 0 Å². The Hall–Kier alpha value is -0.680. The third-order valence-electron chi connectivity index (χ3n) is 2.52. The molecular formula is C9H16NO5P. The molecule has 0 bridgehead atoms. The average Bonchev–Trinajstić information content (AvgIpc) is 2.16. The minimum Gasteiger partial charge on any atom is -0.481 e. The van der Waals surface area contributed by atoms with Gasteiger partial charge in [0.2, 0.25) is 0 Å². The zero-order valence-electron chi connectivity index (χ0n) is 8.82. The van der Waals surface area contributed by atoms with Gasteiger partial charge in [-0.25, -0.2) is 0 Å². The van der Waals surface area contributed by atoms with E-state index in [0.29, 0.717) is 19.5 Å². The predicted molar refractivity (Wildman–Crippen MR) is 58.0 cm³/mol. The highest BCUT2D eigenvalue weighted by atomic mass is 31.2. The molecule has 1 fully saturated rings. The van der Waals surface area contributed by atoms with E-state index in [4.69, 9.17) is 14.9 Å². The molecule has 16 heavy (non-hydrogen) atoms. The van der Waals surface area contributed by atoms with Crippen LogP contribution >= 0.6 is 7.60 Å². The molecule has 1 atom stereocenters. The fraction of sp³-hybridized carbons (Fsp3) is 0.667. The van der Waals surface area contributed by atoms with Crippen LogP contribution in [0.25, 0.3) is 0 Å². The summed E-state index contributed by atoms with van der Waals surface area (Å²) >= 11 is 0. The van der Waals surface area contributed by atoms with Gasteiger partial charge in [0.25, 0.3) is 0 Å². The molecule has 0 amide bonds. The number of carboxylic acid groups (broad SMARTS) is 1. The summed E-state index contributed by atoms with van der Waals surface area (Å²) in [6, 6.07) is 0. The van der Waals surface area contributed by atoms with Crippen LogP contribution in [0.2, 0.25) is 0 Å². The van der Waals surface area contributed by atoms with E-state index in [-0.39, 0.29) is 5.92 Å². The Labute approximate surface area is 93.7 Å². The van der Waals surface area contributed by atoms with Gasteiger partial charge < -0.3 is 14.9 Å². The first-order chi connectivity index (χ1) is 7.38. The lowest BCUT2D eigenvalue weighted by molar-refractivity contribution is -0.143. The maximum atomic E-state index is 10.8. The second-order valence-corrected chi connectivity index (χ2v) is 5.39. The van der Waals surface area contributed by atoms with Gasteiger partial charge in [0.05, 0.1) is 5.92 Å². The third kappa shape index (κ3) is 4.90. The van der Waals surface area contributed by atoms with Gasteiger partial charge in [0.15, 0.2) is 0 Å². The zero-order valence-corrected chi connectivity index (χ0v) is 9.71. The number of carboxylic acids is 1. The van der Waals surface area contributed by atoms with E-state index in [1.165, 1.54) is 6.08 Å². The Morgan fingerprint density at radius 2 is 2.19 bits per heavy atom. The van der Waals surface area contributed by atoms with E-state index in [1.807, 2.05) is 4.90 Å². The third-order valence-corrected chi connectivity index (χ3v) is 3.12. The van der Waals surface area contributed by atoms with E-state index < -0.39 is 13.6 Å². The summed E-state index contributed by atoms with van der Waals surface area (Å²) in [5, 5.41) is 8.84. The van der Waals surface area contributed by atoms with Gasteiger partial charge in [-0.1, -0.05) is 6.08 Å². The summed E-state index contributed by atoms with van der Waals surface area (Å²) in [5.41, 5.74) is 0. The summed E-state index contributed by atoms with van der Waals surface area (Å²) in [6.45, 7) is 1.60. The monoisotopic (exact) mass is 249 g/mol. The standard InChI is InChI=1S/C9H16NO5P/c11-9(12)8-3-1-4-10(7-8)5-2-6-16(13,14)15/h2,6,8H,1,3-5,7H2,(H,11,12)(H2,13,14,15)/b6-2+. The van der Waals surface area contributed by atoms with Crippen molar-refractivity contribution in [1.29, 1.82) is 0 Å². The molecule has 0 aromatic rings. The van der Waals surface area contributed by atoms with Gasteiger partial charge in [-0.05, 0) is 19.4 Å². The first kappa shape index (κ1) is 13.4. The van der Waals surface area contributed by atoms with E-state index >= 15 is 0 Å². The Balaban J connectivity index is 2.41. The molecule has 0 aromatic heterocycles. The molecule has 1 unspecified atom stereocenters. The lowest BCUT2D eigenvalue weighted by Gasteiger charge is -2.29. The van der Waals surface area contributed by atoms with E-state index in [0.717, 1.165) is 18.8 Å². The lowest BCUT2D eigenvalue weighted by atomic mass is 9.98. The molecule has 0 aromatic carbocycles. The van der Waals surface area contributed by atoms with Crippen molar-refractivity contribution in [2.45, 2.75) is 12.8 Å². The smallest absolute Gasteiger partial charge is 0.348 e. The number of aliphatic carboxylic acids is 1. The van der Waals surface area contributed by atoms with Gasteiger partial charge in [0, 0.05) is 18.9 Å². The number of piperidine rings is 1. The second-order valence-electron chi connectivity index (χ2n) is 3.91. The van der Waals surface area contributed by atoms with Crippen molar-refractivity contribution in [1.82, 2.24) is 4.90 Å². The number of likely N-dealkylation sites (tertiary alicyclic amines) is 1. The van der Waals surface area contributed by atoms with Gasteiger partial charge in [-0.2, -0.15) is 0 Å². The highest BCUT2D eigenvalue weighted by Crippen LogP contribution is 2.35. The Bertz CT molecular complexity index is 324. The summed E-state index contributed by atoms with van der Waals surface area (Å²) in [6.07, 6.45) is 2.87. The second kappa shape index (κ2) is 5.59. The lowest BCUT2D eigenvalue weighted by Crippen LogP contribution is -2.38. The van der Waals surface area contributed by atoms with Crippen LogP contribution in [0.15, 0.2) is 11.9 Å². The highest BCUT2D eigenvalue weighted by Gasteiger charge is 2.24. The normalized spacial score (nSPS) is 23.8. The van der Waals surface area contributed by atoms with Crippen molar-refractivity contribution < 1.29 is 24.3 Å². The van der Waals surface area contributed by atoms with Gasteiger partial charge in [-0.3, -0.25) is 14.3 Å². The van der Waals surface area contributed by atoms with Gasteiger partial charge in [0.1, 0.15) is 0 Å². The van der Waals surface area contributed by atoms with E-state index in [9.17, 15) is 9.36 Å². The van der Waals surface area contributed by atoms with Crippen LogP contribution in [-0.4, -0.2) is 45.4 Å². The molecule has 1 rings (SSSR count). The van der Waals surface area contributed by atoms with Crippen molar-refractivity contribution in [2.75, 3.05) is 19.6 Å². The molecule has 1 aliphatic heterocycles. The summed E-state index contributed by atoms with van der Waals surface area (Å²) < 4.78 is 10.5. The number of hydrogen-bond acceptors (Lipinski definition) is 3. The molecule has 92 valence electrons. The van der Waals surface area contributed by atoms with Crippen LogP contribution in [0.4, 0.5) is 0 Å². The molecule has 0 spiro atoms. The van der Waals surface area contributed by atoms with Crippen molar-refractivity contribution >= 4 is 13.6 Å². The van der Waals surface area contributed by atoms with Crippen LogP contribution < -0.4 is 0 Å². The molecule has 0 aliphatic carbocycles. The minimum atomic E-state index is -4.09. The minimum absolute atomic E-state index is 0.364.